The van der Waals surface area contributed by atoms with Gasteiger partial charge in [0.2, 0.25) is 10.0 Å². The van der Waals surface area contributed by atoms with E-state index >= 15 is 0 Å². The molecule has 0 spiro atoms. The number of rotatable bonds is 3. The van der Waals surface area contributed by atoms with E-state index in [4.69, 9.17) is 9.47 Å². The second kappa shape index (κ2) is 6.30. The fraction of sp³-hybridized carbons (Fsp3) is 0.278. The van der Waals surface area contributed by atoms with E-state index in [-0.39, 0.29) is 17.9 Å². The lowest BCUT2D eigenvalue weighted by Gasteiger charge is -2.33. The summed E-state index contributed by atoms with van der Waals surface area (Å²) in [4.78, 5) is 11.7. The third-order valence-electron chi connectivity index (χ3n) is 4.61. The number of fused-ring (bicyclic) bond motifs is 2. The largest absolute Gasteiger partial charge is 0.486 e. The number of carboxylic acid groups (broad SMARTS) is 1. The normalized spacial score (nSPS) is 19.6. The molecule has 0 amide bonds. The zero-order chi connectivity index (χ0) is 18.3. The van der Waals surface area contributed by atoms with Gasteiger partial charge in [-0.2, -0.15) is 4.31 Å². The van der Waals surface area contributed by atoms with Gasteiger partial charge >= 0.3 is 5.97 Å². The van der Waals surface area contributed by atoms with Crippen LogP contribution in [0.15, 0.2) is 47.4 Å². The molecular weight excluding hydrogens is 358 g/mol. The number of ether oxygens (including phenoxy) is 2. The molecule has 4 rings (SSSR count). The molecule has 2 aliphatic rings. The summed E-state index contributed by atoms with van der Waals surface area (Å²) in [5.41, 5.74) is 1.67. The Labute approximate surface area is 150 Å². The van der Waals surface area contributed by atoms with Gasteiger partial charge < -0.3 is 14.6 Å². The summed E-state index contributed by atoms with van der Waals surface area (Å²) in [6.45, 7) is 0.762. The molecule has 0 saturated heterocycles. The van der Waals surface area contributed by atoms with Gasteiger partial charge in [0.1, 0.15) is 19.3 Å². The number of hydrogen-bond acceptors (Lipinski definition) is 5. The molecule has 0 bridgehead atoms. The number of carboxylic acids is 1. The highest BCUT2D eigenvalue weighted by molar-refractivity contribution is 7.89. The predicted molar refractivity (Wildman–Crippen MR) is 91.7 cm³/mol. The van der Waals surface area contributed by atoms with Gasteiger partial charge in [0.25, 0.3) is 0 Å². The molecule has 26 heavy (non-hydrogen) atoms. The van der Waals surface area contributed by atoms with Crippen LogP contribution >= 0.6 is 0 Å². The first kappa shape index (κ1) is 16.9. The Hall–Kier alpha value is -2.58. The van der Waals surface area contributed by atoms with Crippen molar-refractivity contribution in [2.45, 2.75) is 23.9 Å². The molecule has 8 heteroatoms. The Bertz CT molecular complexity index is 971. The molecule has 2 aromatic carbocycles. The van der Waals surface area contributed by atoms with Gasteiger partial charge in [0.15, 0.2) is 11.5 Å². The first-order valence-corrected chi connectivity index (χ1v) is 9.62. The molecule has 2 aromatic rings. The molecular formula is C18H17NO6S. The first-order valence-electron chi connectivity index (χ1n) is 8.18. The van der Waals surface area contributed by atoms with E-state index in [9.17, 15) is 18.3 Å². The van der Waals surface area contributed by atoms with E-state index in [1.54, 1.807) is 0 Å². The number of carbonyl (C=O) groups is 1. The first-order chi connectivity index (χ1) is 12.5. The van der Waals surface area contributed by atoms with Gasteiger partial charge in [-0.15, -0.1) is 0 Å². The maximum atomic E-state index is 13.2. The molecule has 0 fully saturated rings. The fourth-order valence-corrected chi connectivity index (χ4v) is 4.86. The Morgan fingerprint density at radius 1 is 1.04 bits per heavy atom. The van der Waals surface area contributed by atoms with Crippen LogP contribution in [0.1, 0.15) is 11.1 Å². The molecule has 2 heterocycles. The van der Waals surface area contributed by atoms with Crippen molar-refractivity contribution >= 4 is 16.0 Å². The molecule has 0 saturated carbocycles. The third-order valence-corrected chi connectivity index (χ3v) is 6.46. The maximum Gasteiger partial charge on any atom is 0.322 e. The molecule has 136 valence electrons. The lowest BCUT2D eigenvalue weighted by molar-refractivity contribution is -0.141. The van der Waals surface area contributed by atoms with Crippen LogP contribution < -0.4 is 9.47 Å². The van der Waals surface area contributed by atoms with Crippen molar-refractivity contribution < 1.29 is 27.8 Å². The Balaban J connectivity index is 1.75. The van der Waals surface area contributed by atoms with Crippen molar-refractivity contribution in [3.63, 3.8) is 0 Å². The fourth-order valence-electron chi connectivity index (χ4n) is 3.28. The maximum absolute atomic E-state index is 13.2. The van der Waals surface area contributed by atoms with Crippen LogP contribution in [0, 0.1) is 0 Å². The summed E-state index contributed by atoms with van der Waals surface area (Å²) in [6, 6.07) is 10.5. The Morgan fingerprint density at radius 3 is 2.46 bits per heavy atom. The van der Waals surface area contributed by atoms with Gasteiger partial charge in [-0.25, -0.2) is 8.42 Å². The summed E-state index contributed by atoms with van der Waals surface area (Å²) < 4.78 is 38.2. The number of sulfonamides is 1. The second-order valence-corrected chi connectivity index (χ2v) is 8.07. The summed E-state index contributed by atoms with van der Waals surface area (Å²) in [5, 5.41) is 9.59. The number of benzene rings is 2. The molecule has 1 unspecified atom stereocenters. The van der Waals surface area contributed by atoms with Crippen molar-refractivity contribution in [2.75, 3.05) is 13.2 Å². The SMILES string of the molecule is O=C(O)C1Cc2ccccc2CN1S(=O)(=O)c1ccc2c(c1)OCCO2. The lowest BCUT2D eigenvalue weighted by atomic mass is 9.96. The van der Waals surface area contributed by atoms with Gasteiger partial charge in [0.05, 0.1) is 4.90 Å². The van der Waals surface area contributed by atoms with Crippen molar-refractivity contribution in [2.24, 2.45) is 0 Å². The molecule has 0 aromatic heterocycles. The number of hydrogen-bond donors (Lipinski definition) is 1. The van der Waals surface area contributed by atoms with E-state index < -0.39 is 22.0 Å². The van der Waals surface area contributed by atoms with Crippen LogP contribution in [0.4, 0.5) is 0 Å². The van der Waals surface area contributed by atoms with E-state index in [1.807, 2.05) is 24.3 Å². The number of aliphatic carboxylic acids is 1. The summed E-state index contributed by atoms with van der Waals surface area (Å²) in [7, 11) is -4.02. The van der Waals surface area contributed by atoms with Crippen LogP contribution in [-0.2, 0) is 27.8 Å². The van der Waals surface area contributed by atoms with Crippen LogP contribution in [0.5, 0.6) is 11.5 Å². The van der Waals surface area contributed by atoms with Crippen LogP contribution in [-0.4, -0.2) is 43.1 Å². The molecule has 2 aliphatic heterocycles. The molecule has 1 atom stereocenters. The highest BCUT2D eigenvalue weighted by atomic mass is 32.2. The minimum absolute atomic E-state index is 0.00705. The highest BCUT2D eigenvalue weighted by Gasteiger charge is 2.40. The summed E-state index contributed by atoms with van der Waals surface area (Å²) in [6.07, 6.45) is 0.134. The zero-order valence-electron chi connectivity index (χ0n) is 13.8. The number of nitrogens with zero attached hydrogens (tertiary/aromatic N) is 1. The lowest BCUT2D eigenvalue weighted by Crippen LogP contribution is -2.48. The van der Waals surface area contributed by atoms with Crippen molar-refractivity contribution in [1.82, 2.24) is 4.31 Å². The molecule has 0 radical (unpaired) electrons. The quantitative estimate of drug-likeness (QED) is 0.877. The van der Waals surface area contributed by atoms with Crippen LogP contribution in [0.3, 0.4) is 0 Å². The van der Waals surface area contributed by atoms with Gasteiger partial charge in [-0.1, -0.05) is 24.3 Å². The van der Waals surface area contributed by atoms with Crippen molar-refractivity contribution in [3.8, 4) is 11.5 Å². The molecule has 0 aliphatic carbocycles. The Kier molecular flexibility index (Phi) is 4.08. The van der Waals surface area contributed by atoms with Crippen LogP contribution in [0.2, 0.25) is 0 Å². The minimum atomic E-state index is -4.02. The van der Waals surface area contributed by atoms with E-state index in [2.05, 4.69) is 0 Å². The van der Waals surface area contributed by atoms with Crippen LogP contribution in [0.25, 0.3) is 0 Å². The third kappa shape index (κ3) is 2.81. The van der Waals surface area contributed by atoms with Gasteiger partial charge in [-0.05, 0) is 23.3 Å². The van der Waals surface area contributed by atoms with Gasteiger partial charge in [-0.3, -0.25) is 4.79 Å². The predicted octanol–water partition coefficient (Wildman–Crippen LogP) is 1.66. The smallest absolute Gasteiger partial charge is 0.322 e. The monoisotopic (exact) mass is 375 g/mol. The van der Waals surface area contributed by atoms with E-state index in [0.29, 0.717) is 24.7 Å². The van der Waals surface area contributed by atoms with Crippen molar-refractivity contribution in [1.29, 1.82) is 0 Å². The topological polar surface area (TPSA) is 93.1 Å². The highest BCUT2D eigenvalue weighted by Crippen LogP contribution is 2.35. The Morgan fingerprint density at radius 2 is 1.73 bits per heavy atom. The average molecular weight is 375 g/mol. The van der Waals surface area contributed by atoms with Gasteiger partial charge in [0, 0.05) is 19.0 Å². The second-order valence-electron chi connectivity index (χ2n) is 6.18. The van der Waals surface area contributed by atoms with Crippen molar-refractivity contribution in [3.05, 3.63) is 53.6 Å². The van der Waals surface area contributed by atoms with E-state index in [1.165, 1.54) is 18.2 Å². The molecule has 1 N–H and O–H groups in total. The standard InChI is InChI=1S/C18H17NO6S/c20-18(21)15-9-12-3-1-2-4-13(12)11-19(15)26(22,23)14-5-6-16-17(10-14)25-8-7-24-16/h1-6,10,15H,7-9,11H2,(H,20,21). The van der Waals surface area contributed by atoms with E-state index in [0.717, 1.165) is 15.4 Å². The summed E-state index contributed by atoms with van der Waals surface area (Å²) in [5.74, 6) is -0.337. The average Bonchev–Trinajstić information content (AvgIpc) is 2.66. The molecule has 7 nitrogen and oxygen atoms in total. The zero-order valence-corrected chi connectivity index (χ0v) is 14.6. The summed E-state index contributed by atoms with van der Waals surface area (Å²) >= 11 is 0. The minimum Gasteiger partial charge on any atom is -0.486 e.